The van der Waals surface area contributed by atoms with Crippen LogP contribution in [0.15, 0.2) is 16.8 Å². The molecule has 1 N–H and O–H groups in total. The highest BCUT2D eigenvalue weighted by molar-refractivity contribution is 7.91. The van der Waals surface area contributed by atoms with Crippen LogP contribution in [0, 0.1) is 5.92 Å². The first kappa shape index (κ1) is 20.5. The van der Waals surface area contributed by atoms with E-state index in [9.17, 15) is 22.5 Å². The summed E-state index contributed by atoms with van der Waals surface area (Å²) in [6.07, 6.45) is -3.70. The third kappa shape index (κ3) is 6.16. The molecule has 0 bridgehead atoms. The lowest BCUT2D eigenvalue weighted by atomic mass is 9.95. The maximum atomic E-state index is 13.1. The molecular weight excluding hydrogens is 347 g/mol. The zero-order valence-electron chi connectivity index (χ0n) is 13.8. The molecule has 24 heavy (non-hydrogen) atoms. The molecule has 0 saturated carbocycles. The first-order valence-corrected chi connectivity index (χ1v) is 8.18. The van der Waals surface area contributed by atoms with Gasteiger partial charge in [0, 0.05) is 25.2 Å². The van der Waals surface area contributed by atoms with Gasteiger partial charge >= 0.3 is 12.1 Å². The van der Waals surface area contributed by atoms with E-state index in [4.69, 9.17) is 5.11 Å². The zero-order chi connectivity index (χ0) is 18.7. The Morgan fingerprint density at radius 1 is 1.42 bits per heavy atom. The number of hydrogen-bond donors (Lipinski definition) is 1. The summed E-state index contributed by atoms with van der Waals surface area (Å²) in [4.78, 5) is 10.7. The number of rotatable bonds is 6. The summed E-state index contributed by atoms with van der Waals surface area (Å²) in [5, 5.41) is 12.6. The maximum absolute atomic E-state index is 13.1. The van der Waals surface area contributed by atoms with Crippen molar-refractivity contribution in [2.24, 2.45) is 17.4 Å². The molecule has 0 radical (unpaired) electrons. The van der Waals surface area contributed by atoms with Crippen LogP contribution in [0.5, 0.6) is 0 Å². The Balaban J connectivity index is 3.22. The second-order valence-corrected chi connectivity index (χ2v) is 8.25. The quantitative estimate of drug-likeness (QED) is 0.618. The van der Waals surface area contributed by atoms with E-state index in [1.807, 2.05) is 0 Å². The van der Waals surface area contributed by atoms with E-state index in [-0.39, 0.29) is 11.3 Å². The van der Waals surface area contributed by atoms with E-state index in [1.54, 1.807) is 27.8 Å². The Morgan fingerprint density at radius 3 is 2.38 bits per heavy atom. The van der Waals surface area contributed by atoms with Crippen LogP contribution in [-0.4, -0.2) is 42.0 Å². The van der Waals surface area contributed by atoms with Crippen molar-refractivity contribution in [3.8, 4) is 0 Å². The van der Waals surface area contributed by atoms with E-state index in [0.29, 0.717) is 0 Å². The van der Waals surface area contributed by atoms with E-state index < -0.39 is 47.0 Å². The fourth-order valence-electron chi connectivity index (χ4n) is 1.76. The van der Waals surface area contributed by atoms with E-state index in [2.05, 4.69) is 9.50 Å². The lowest BCUT2D eigenvalue weighted by Crippen LogP contribution is -2.30. The molecule has 1 aromatic heterocycles. The molecule has 0 aliphatic rings. The standard InChI is InChI=1S/C14H20F3N3O3S/c1-13(2,3)24(23)19-11(9-7-18-20(4)8-9)5-10(6-12(21)22)14(15,16)17/h7-8,10H,5-6H2,1-4H3,(H,21,22)/t10-,24-/m1/s1. The Hall–Kier alpha value is -1.55. The van der Waals surface area contributed by atoms with Crippen LogP contribution < -0.4 is 0 Å². The van der Waals surface area contributed by atoms with Crippen molar-refractivity contribution in [1.29, 1.82) is 0 Å². The second-order valence-electron chi connectivity index (χ2n) is 6.34. The predicted octanol–water partition coefficient (Wildman–Crippen LogP) is 2.71. The molecule has 1 rings (SSSR count). The van der Waals surface area contributed by atoms with Gasteiger partial charge in [-0.25, -0.2) is 0 Å². The van der Waals surface area contributed by atoms with Crippen molar-refractivity contribution in [3.05, 3.63) is 18.0 Å². The maximum Gasteiger partial charge on any atom is 0.392 e. The molecule has 0 saturated heterocycles. The van der Waals surface area contributed by atoms with Crippen molar-refractivity contribution in [1.82, 2.24) is 9.78 Å². The number of carboxylic acid groups (broad SMARTS) is 1. The number of alkyl halides is 3. The van der Waals surface area contributed by atoms with Crippen molar-refractivity contribution < 1.29 is 27.6 Å². The Morgan fingerprint density at radius 2 is 2.00 bits per heavy atom. The number of aromatic nitrogens is 2. The minimum Gasteiger partial charge on any atom is -0.591 e. The van der Waals surface area contributed by atoms with Gasteiger partial charge in [-0.05, 0) is 20.8 Å². The number of nitrogens with zero attached hydrogens (tertiary/aromatic N) is 3. The van der Waals surface area contributed by atoms with Gasteiger partial charge in [-0.1, -0.05) is 4.40 Å². The van der Waals surface area contributed by atoms with Crippen LogP contribution in [0.2, 0.25) is 0 Å². The fourth-order valence-corrected chi connectivity index (χ4v) is 2.42. The molecule has 10 heteroatoms. The van der Waals surface area contributed by atoms with E-state index >= 15 is 0 Å². The van der Waals surface area contributed by atoms with Gasteiger partial charge in [0.2, 0.25) is 0 Å². The van der Waals surface area contributed by atoms with Crippen LogP contribution in [0.3, 0.4) is 0 Å². The van der Waals surface area contributed by atoms with Crippen LogP contribution >= 0.6 is 0 Å². The van der Waals surface area contributed by atoms with Gasteiger partial charge in [0.15, 0.2) is 0 Å². The van der Waals surface area contributed by atoms with Crippen LogP contribution in [0.4, 0.5) is 13.2 Å². The van der Waals surface area contributed by atoms with Crippen molar-refractivity contribution in [2.45, 2.75) is 44.5 Å². The highest BCUT2D eigenvalue weighted by Gasteiger charge is 2.42. The highest BCUT2D eigenvalue weighted by atomic mass is 32.2. The molecule has 0 spiro atoms. The Labute approximate surface area is 141 Å². The topological polar surface area (TPSA) is 90.5 Å². The monoisotopic (exact) mass is 367 g/mol. The van der Waals surface area contributed by atoms with Crippen LogP contribution in [0.1, 0.15) is 39.2 Å². The fraction of sp³-hybridized carbons (Fsp3) is 0.643. The summed E-state index contributed by atoms with van der Waals surface area (Å²) < 4.78 is 56.1. The first-order valence-electron chi connectivity index (χ1n) is 7.07. The third-order valence-electron chi connectivity index (χ3n) is 3.08. The molecule has 0 amide bonds. The number of halogens is 3. The average Bonchev–Trinajstić information content (AvgIpc) is 2.80. The third-order valence-corrected chi connectivity index (χ3v) is 4.51. The average molecular weight is 367 g/mol. The largest absolute Gasteiger partial charge is 0.591 e. The molecule has 0 fully saturated rings. The molecule has 6 nitrogen and oxygen atoms in total. The van der Waals surface area contributed by atoms with Crippen molar-refractivity contribution in [2.75, 3.05) is 0 Å². The predicted molar refractivity (Wildman–Crippen MR) is 84.1 cm³/mol. The molecular formula is C14H20F3N3O3S. The Bertz CT molecular complexity index is 608. The summed E-state index contributed by atoms with van der Waals surface area (Å²) in [6.45, 7) is 4.93. The summed E-state index contributed by atoms with van der Waals surface area (Å²) in [5.74, 6) is -3.68. The van der Waals surface area contributed by atoms with E-state index in [0.717, 1.165) is 0 Å². The molecule has 0 aromatic carbocycles. The van der Waals surface area contributed by atoms with Gasteiger partial charge in [-0.15, -0.1) is 0 Å². The van der Waals surface area contributed by atoms with Gasteiger partial charge in [-0.2, -0.15) is 18.3 Å². The van der Waals surface area contributed by atoms with Crippen LogP contribution in [-0.2, 0) is 23.2 Å². The lowest BCUT2D eigenvalue weighted by Gasteiger charge is -2.21. The van der Waals surface area contributed by atoms with Gasteiger partial charge in [0.25, 0.3) is 0 Å². The van der Waals surface area contributed by atoms with Gasteiger partial charge in [-0.3, -0.25) is 9.48 Å². The summed E-state index contributed by atoms with van der Waals surface area (Å²) in [5.41, 5.74) is 0.217. The molecule has 0 aliphatic carbocycles. The number of carboxylic acids is 1. The highest BCUT2D eigenvalue weighted by Crippen LogP contribution is 2.33. The van der Waals surface area contributed by atoms with Crippen LogP contribution in [0.25, 0.3) is 0 Å². The van der Waals surface area contributed by atoms with Gasteiger partial charge in [0.05, 0.1) is 18.5 Å². The minimum atomic E-state index is -4.70. The lowest BCUT2D eigenvalue weighted by molar-refractivity contribution is -0.181. The summed E-state index contributed by atoms with van der Waals surface area (Å²) >= 11 is -1.78. The first-order chi connectivity index (χ1) is 10.8. The molecule has 0 aliphatic heterocycles. The summed E-state index contributed by atoms with van der Waals surface area (Å²) in [7, 11) is 1.58. The van der Waals surface area contributed by atoms with Crippen molar-refractivity contribution in [3.63, 3.8) is 0 Å². The SMILES string of the molecule is Cn1cc(C(C[C@H](CC(=O)O)C(F)(F)F)=N[S@+]([O-])C(C)(C)C)cn1. The number of aryl methyl sites for hydroxylation is 1. The van der Waals surface area contributed by atoms with Gasteiger partial charge < -0.3 is 9.66 Å². The molecule has 0 unspecified atom stereocenters. The molecule has 136 valence electrons. The van der Waals surface area contributed by atoms with Gasteiger partial charge in [0.1, 0.15) is 21.8 Å². The van der Waals surface area contributed by atoms with Crippen molar-refractivity contribution >= 4 is 23.0 Å². The molecule has 1 heterocycles. The zero-order valence-corrected chi connectivity index (χ0v) is 14.6. The summed E-state index contributed by atoms with van der Waals surface area (Å²) in [6, 6.07) is 0. The second kappa shape index (κ2) is 7.56. The number of hydrogen-bond acceptors (Lipinski definition) is 4. The molecule has 1 aromatic rings. The number of carbonyl (C=O) groups is 1. The Kier molecular flexibility index (Phi) is 6.45. The molecule has 2 atom stereocenters. The minimum absolute atomic E-state index is 0.0695. The number of aliphatic carboxylic acids is 1. The smallest absolute Gasteiger partial charge is 0.392 e. The normalized spacial score (nSPS) is 16.1. The van der Waals surface area contributed by atoms with E-state index in [1.165, 1.54) is 17.1 Å².